The molecular formula is C10H19N3OS. The molecule has 1 rings (SSSR count). The Labute approximate surface area is 93.9 Å². The molecule has 0 spiro atoms. The number of hydrogen-bond donors (Lipinski definition) is 3. The molecule has 0 aliphatic rings. The number of aromatic nitrogens is 1. The van der Waals surface area contributed by atoms with Crippen molar-refractivity contribution in [3.63, 3.8) is 0 Å². The van der Waals surface area contributed by atoms with Crippen LogP contribution in [-0.4, -0.2) is 17.6 Å². The number of H-pyrrole nitrogens is 1. The smallest absolute Gasteiger partial charge is 0.304 e. The van der Waals surface area contributed by atoms with Crippen LogP contribution in [0.15, 0.2) is 10.2 Å². The summed E-state index contributed by atoms with van der Waals surface area (Å²) < 4.78 is 0. The van der Waals surface area contributed by atoms with E-state index in [-0.39, 0.29) is 10.9 Å². The van der Waals surface area contributed by atoms with Crippen molar-refractivity contribution >= 4 is 11.3 Å². The Balaban J connectivity index is 2.13. The summed E-state index contributed by atoms with van der Waals surface area (Å²) in [5.41, 5.74) is 6.83. The zero-order valence-electron chi connectivity index (χ0n) is 9.08. The van der Waals surface area contributed by atoms with Crippen LogP contribution in [-0.2, 0) is 6.54 Å². The number of nitrogens with one attached hydrogen (secondary N) is 2. The molecule has 1 atom stereocenters. The number of thiazole rings is 1. The van der Waals surface area contributed by atoms with Crippen LogP contribution >= 0.6 is 11.3 Å². The first-order valence-corrected chi connectivity index (χ1v) is 6.23. The first kappa shape index (κ1) is 12.4. The van der Waals surface area contributed by atoms with Gasteiger partial charge in [0.05, 0.1) is 0 Å². The van der Waals surface area contributed by atoms with Crippen molar-refractivity contribution in [3.05, 3.63) is 20.7 Å². The fourth-order valence-corrected chi connectivity index (χ4v) is 1.94. The number of unbranched alkanes of at least 4 members (excludes halogenated alkanes) is 1. The number of hydrogen-bond acceptors (Lipinski definition) is 4. The van der Waals surface area contributed by atoms with Gasteiger partial charge in [0.2, 0.25) is 0 Å². The van der Waals surface area contributed by atoms with Gasteiger partial charge in [-0.2, -0.15) is 0 Å². The molecule has 0 aromatic carbocycles. The molecule has 1 aromatic rings. The first-order chi connectivity index (χ1) is 7.22. The van der Waals surface area contributed by atoms with Crippen molar-refractivity contribution in [2.75, 3.05) is 6.54 Å². The van der Waals surface area contributed by atoms with E-state index >= 15 is 0 Å². The summed E-state index contributed by atoms with van der Waals surface area (Å²) in [6, 6.07) is 0.218. The van der Waals surface area contributed by atoms with Crippen LogP contribution in [0.1, 0.15) is 31.9 Å². The van der Waals surface area contributed by atoms with Crippen molar-refractivity contribution in [2.45, 2.75) is 38.8 Å². The van der Waals surface area contributed by atoms with Gasteiger partial charge in [0, 0.05) is 30.2 Å². The highest BCUT2D eigenvalue weighted by Crippen LogP contribution is 1.98. The molecule has 1 aromatic heterocycles. The van der Waals surface area contributed by atoms with E-state index in [9.17, 15) is 4.79 Å². The average molecular weight is 229 g/mol. The summed E-state index contributed by atoms with van der Waals surface area (Å²) in [5.74, 6) is 0. The molecule has 0 bridgehead atoms. The van der Waals surface area contributed by atoms with Crippen LogP contribution in [0, 0.1) is 0 Å². The van der Waals surface area contributed by atoms with Crippen LogP contribution < -0.4 is 15.9 Å². The zero-order valence-corrected chi connectivity index (χ0v) is 9.90. The molecule has 0 saturated heterocycles. The highest BCUT2D eigenvalue weighted by molar-refractivity contribution is 7.07. The molecule has 5 heteroatoms. The molecule has 0 aliphatic carbocycles. The van der Waals surface area contributed by atoms with Gasteiger partial charge in [-0.25, -0.2) is 0 Å². The largest absolute Gasteiger partial charge is 0.327 e. The molecule has 15 heavy (non-hydrogen) atoms. The van der Waals surface area contributed by atoms with Crippen molar-refractivity contribution in [2.24, 2.45) is 5.73 Å². The highest BCUT2D eigenvalue weighted by atomic mass is 32.1. The van der Waals surface area contributed by atoms with Gasteiger partial charge in [-0.1, -0.05) is 31.1 Å². The van der Waals surface area contributed by atoms with Gasteiger partial charge >= 0.3 is 4.87 Å². The predicted molar refractivity (Wildman–Crippen MR) is 64.1 cm³/mol. The standard InChI is InChI=1S/C10H19N3OS/c1-2-3-4-8(11)5-12-6-9-7-15-10(14)13-9/h7-8,12H,2-6,11H2,1H3,(H,13,14). The minimum atomic E-state index is 0.00193. The van der Waals surface area contributed by atoms with Gasteiger partial charge in [0.25, 0.3) is 0 Å². The Kier molecular flexibility index (Phi) is 5.60. The summed E-state index contributed by atoms with van der Waals surface area (Å²) in [4.78, 5) is 13.6. The normalized spacial score (nSPS) is 12.9. The van der Waals surface area contributed by atoms with E-state index in [1.165, 1.54) is 24.2 Å². The minimum Gasteiger partial charge on any atom is -0.327 e. The number of nitrogens with two attached hydrogens (primary N) is 1. The Bertz CT molecular complexity index is 320. The van der Waals surface area contributed by atoms with E-state index in [1.807, 2.05) is 5.38 Å². The Hall–Kier alpha value is -0.650. The zero-order chi connectivity index (χ0) is 11.1. The summed E-state index contributed by atoms with van der Waals surface area (Å²) >= 11 is 1.19. The maximum absolute atomic E-state index is 10.8. The third kappa shape index (κ3) is 5.11. The molecule has 86 valence electrons. The average Bonchev–Trinajstić information content (AvgIpc) is 2.61. The molecule has 0 amide bonds. The third-order valence-corrected chi connectivity index (χ3v) is 2.94. The number of aromatic amines is 1. The van der Waals surface area contributed by atoms with E-state index in [2.05, 4.69) is 17.2 Å². The SMILES string of the molecule is CCCCC(N)CNCc1csc(=O)[nH]1. The molecular weight excluding hydrogens is 210 g/mol. The van der Waals surface area contributed by atoms with Gasteiger partial charge < -0.3 is 16.0 Å². The molecule has 0 aliphatic heterocycles. The van der Waals surface area contributed by atoms with Gasteiger partial charge in [0.1, 0.15) is 0 Å². The summed E-state index contributed by atoms with van der Waals surface area (Å²) in [6.45, 7) is 3.66. The summed E-state index contributed by atoms with van der Waals surface area (Å²) in [6.07, 6.45) is 3.42. The van der Waals surface area contributed by atoms with E-state index in [4.69, 9.17) is 5.73 Å². The van der Waals surface area contributed by atoms with Crippen molar-refractivity contribution in [1.29, 1.82) is 0 Å². The lowest BCUT2D eigenvalue weighted by Gasteiger charge is -2.11. The predicted octanol–water partition coefficient (Wildman–Crippen LogP) is 1.04. The maximum Gasteiger partial charge on any atom is 0.304 e. The van der Waals surface area contributed by atoms with Gasteiger partial charge in [0.15, 0.2) is 0 Å². The van der Waals surface area contributed by atoms with E-state index in [0.29, 0.717) is 6.54 Å². The molecule has 0 radical (unpaired) electrons. The molecule has 0 saturated carbocycles. The van der Waals surface area contributed by atoms with Crippen LogP contribution in [0.25, 0.3) is 0 Å². The molecule has 1 heterocycles. The lowest BCUT2D eigenvalue weighted by Crippen LogP contribution is -2.33. The number of rotatable bonds is 7. The topological polar surface area (TPSA) is 70.9 Å². The van der Waals surface area contributed by atoms with Gasteiger partial charge in [-0.05, 0) is 6.42 Å². The van der Waals surface area contributed by atoms with Gasteiger partial charge in [-0.15, -0.1) is 0 Å². The quantitative estimate of drug-likeness (QED) is 0.654. The van der Waals surface area contributed by atoms with E-state index in [0.717, 1.165) is 18.7 Å². The second-order valence-electron chi connectivity index (χ2n) is 3.71. The Morgan fingerprint density at radius 2 is 2.47 bits per heavy atom. The molecule has 4 N–H and O–H groups in total. The second kappa shape index (κ2) is 6.76. The summed E-state index contributed by atoms with van der Waals surface area (Å²) in [7, 11) is 0. The van der Waals surface area contributed by atoms with Crippen molar-refractivity contribution in [3.8, 4) is 0 Å². The van der Waals surface area contributed by atoms with Crippen molar-refractivity contribution < 1.29 is 0 Å². The van der Waals surface area contributed by atoms with E-state index in [1.54, 1.807) is 0 Å². The van der Waals surface area contributed by atoms with Crippen LogP contribution in [0.4, 0.5) is 0 Å². The van der Waals surface area contributed by atoms with Crippen LogP contribution in [0.2, 0.25) is 0 Å². The Morgan fingerprint density at radius 1 is 1.67 bits per heavy atom. The molecule has 1 unspecified atom stereocenters. The Morgan fingerprint density at radius 3 is 3.07 bits per heavy atom. The fraction of sp³-hybridized carbons (Fsp3) is 0.700. The lowest BCUT2D eigenvalue weighted by atomic mass is 10.1. The second-order valence-corrected chi connectivity index (χ2v) is 4.55. The van der Waals surface area contributed by atoms with Crippen LogP contribution in [0.3, 0.4) is 0 Å². The minimum absolute atomic E-state index is 0.00193. The summed E-state index contributed by atoms with van der Waals surface area (Å²) in [5, 5.41) is 5.08. The highest BCUT2D eigenvalue weighted by Gasteiger charge is 2.01. The monoisotopic (exact) mass is 229 g/mol. The maximum atomic E-state index is 10.8. The first-order valence-electron chi connectivity index (χ1n) is 5.35. The third-order valence-electron chi connectivity index (χ3n) is 2.22. The van der Waals surface area contributed by atoms with Crippen molar-refractivity contribution in [1.82, 2.24) is 10.3 Å². The molecule has 4 nitrogen and oxygen atoms in total. The van der Waals surface area contributed by atoms with Crippen LogP contribution in [0.5, 0.6) is 0 Å². The fourth-order valence-electron chi connectivity index (χ4n) is 1.36. The van der Waals surface area contributed by atoms with Gasteiger partial charge in [-0.3, -0.25) is 4.79 Å². The molecule has 0 fully saturated rings. The van der Waals surface area contributed by atoms with E-state index < -0.39 is 0 Å². The lowest BCUT2D eigenvalue weighted by molar-refractivity contribution is 0.522.